The Bertz CT molecular complexity index is 139. The number of hydrogen-bond acceptors (Lipinski definition) is 3. The predicted molar refractivity (Wildman–Crippen MR) is 46.1 cm³/mol. The zero-order valence-electron chi connectivity index (χ0n) is 7.54. The molecule has 12 heavy (non-hydrogen) atoms. The molecule has 0 aliphatic carbocycles. The van der Waals surface area contributed by atoms with Gasteiger partial charge >= 0.3 is 6.03 Å². The van der Waals surface area contributed by atoms with E-state index in [9.17, 15) is 4.79 Å². The van der Waals surface area contributed by atoms with Crippen molar-refractivity contribution < 1.29 is 9.63 Å². The van der Waals surface area contributed by atoms with Crippen molar-refractivity contribution >= 4 is 6.03 Å². The highest BCUT2D eigenvalue weighted by Crippen LogP contribution is 2.01. The van der Waals surface area contributed by atoms with Crippen LogP contribution in [-0.4, -0.2) is 18.7 Å². The number of amides is 2. The predicted octanol–water partition coefficient (Wildman–Crippen LogP) is -0.0403. The first kappa shape index (κ1) is 11.2. The van der Waals surface area contributed by atoms with Crippen LogP contribution in [0, 0.1) is 5.92 Å². The highest BCUT2D eigenvalue weighted by atomic mass is 16.7. The van der Waals surface area contributed by atoms with Gasteiger partial charge in [-0.2, -0.15) is 0 Å². The summed E-state index contributed by atoms with van der Waals surface area (Å²) in [6.07, 6.45) is 0.862. The van der Waals surface area contributed by atoms with E-state index in [0.29, 0.717) is 12.5 Å². The number of hydrogen-bond donors (Lipinski definition) is 3. The molecule has 5 heteroatoms. The van der Waals surface area contributed by atoms with Crippen LogP contribution in [0.15, 0.2) is 0 Å². The molecule has 0 aromatic heterocycles. The molecule has 0 aliphatic heterocycles. The van der Waals surface area contributed by atoms with Crippen molar-refractivity contribution in [2.45, 2.75) is 26.3 Å². The number of primary amides is 1. The Morgan fingerprint density at radius 2 is 2.17 bits per heavy atom. The molecule has 1 unspecified atom stereocenters. The van der Waals surface area contributed by atoms with E-state index < -0.39 is 6.03 Å². The fourth-order valence-corrected chi connectivity index (χ4v) is 0.893. The first-order valence-electron chi connectivity index (χ1n) is 3.95. The Hall–Kier alpha value is -0.810. The van der Waals surface area contributed by atoms with Gasteiger partial charge in [0.05, 0.1) is 6.61 Å². The minimum absolute atomic E-state index is 0.0585. The first-order valence-corrected chi connectivity index (χ1v) is 3.95. The van der Waals surface area contributed by atoms with Crippen LogP contribution in [0.5, 0.6) is 0 Å². The molecule has 0 rings (SSSR count). The minimum Gasteiger partial charge on any atom is -0.350 e. The van der Waals surface area contributed by atoms with Gasteiger partial charge in [-0.05, 0) is 12.3 Å². The van der Waals surface area contributed by atoms with Gasteiger partial charge in [-0.1, -0.05) is 13.8 Å². The number of urea groups is 1. The summed E-state index contributed by atoms with van der Waals surface area (Å²) in [5.41, 5.74) is 12.4. The number of nitrogens with one attached hydrogen (secondary N) is 1. The maximum atomic E-state index is 10.1. The molecule has 0 saturated carbocycles. The average Bonchev–Trinajstić information content (AvgIpc) is 1.84. The molecular weight excluding hydrogens is 158 g/mol. The maximum Gasteiger partial charge on any atom is 0.336 e. The largest absolute Gasteiger partial charge is 0.350 e. The van der Waals surface area contributed by atoms with Crippen LogP contribution in [0.25, 0.3) is 0 Å². The summed E-state index contributed by atoms with van der Waals surface area (Å²) in [4.78, 5) is 14.9. The Kier molecular flexibility index (Phi) is 5.40. The van der Waals surface area contributed by atoms with Crippen LogP contribution >= 0.6 is 0 Å². The molecule has 0 fully saturated rings. The van der Waals surface area contributed by atoms with Gasteiger partial charge in [0.15, 0.2) is 0 Å². The summed E-state index contributed by atoms with van der Waals surface area (Å²) in [5, 5.41) is 0. The third kappa shape index (κ3) is 7.30. The molecule has 0 aliphatic rings. The summed E-state index contributed by atoms with van der Waals surface area (Å²) < 4.78 is 0. The number of hydroxylamine groups is 1. The second-order valence-electron chi connectivity index (χ2n) is 3.17. The number of carbonyl (C=O) groups is 1. The lowest BCUT2D eigenvalue weighted by molar-refractivity contribution is 0.0521. The number of rotatable bonds is 5. The summed E-state index contributed by atoms with van der Waals surface area (Å²) in [6, 6.07) is -0.761. The molecule has 0 saturated heterocycles. The Balaban J connectivity index is 3.31. The van der Waals surface area contributed by atoms with E-state index in [4.69, 9.17) is 16.3 Å². The topological polar surface area (TPSA) is 90.4 Å². The number of carbonyl (C=O) groups excluding carboxylic acids is 1. The van der Waals surface area contributed by atoms with Crippen LogP contribution in [-0.2, 0) is 4.84 Å². The second kappa shape index (κ2) is 5.79. The average molecular weight is 175 g/mol. The SMILES string of the molecule is CC(C)CC(N)CONC(N)=O. The molecule has 0 heterocycles. The summed E-state index contributed by atoms with van der Waals surface area (Å²) in [6.45, 7) is 4.43. The standard InChI is InChI=1S/C7H17N3O2/c1-5(2)3-6(8)4-12-10-7(9)11/h5-6H,3-4,8H2,1-2H3,(H3,9,10,11). The van der Waals surface area contributed by atoms with Crippen LogP contribution in [0.4, 0.5) is 4.79 Å². The minimum atomic E-state index is -0.702. The monoisotopic (exact) mass is 175 g/mol. The van der Waals surface area contributed by atoms with Gasteiger partial charge in [0, 0.05) is 6.04 Å². The fraction of sp³-hybridized carbons (Fsp3) is 0.857. The molecular formula is C7H17N3O2. The molecule has 0 aromatic rings. The van der Waals surface area contributed by atoms with Crippen LogP contribution < -0.4 is 16.9 Å². The van der Waals surface area contributed by atoms with E-state index in [1.165, 1.54) is 0 Å². The van der Waals surface area contributed by atoms with Crippen molar-refractivity contribution in [1.29, 1.82) is 0 Å². The molecule has 0 bridgehead atoms. The van der Waals surface area contributed by atoms with Gasteiger partial charge in [-0.3, -0.25) is 4.84 Å². The Labute approximate surface area is 72.4 Å². The van der Waals surface area contributed by atoms with Crippen LogP contribution in [0.3, 0.4) is 0 Å². The second-order valence-corrected chi connectivity index (χ2v) is 3.17. The highest BCUT2D eigenvalue weighted by molar-refractivity contribution is 5.70. The number of nitrogens with two attached hydrogens (primary N) is 2. The lowest BCUT2D eigenvalue weighted by atomic mass is 10.1. The van der Waals surface area contributed by atoms with Crippen molar-refractivity contribution in [3.8, 4) is 0 Å². The third-order valence-corrected chi connectivity index (χ3v) is 1.24. The van der Waals surface area contributed by atoms with Gasteiger partial charge in [0.1, 0.15) is 0 Å². The van der Waals surface area contributed by atoms with Gasteiger partial charge in [-0.25, -0.2) is 10.3 Å². The van der Waals surface area contributed by atoms with E-state index in [1.807, 2.05) is 5.48 Å². The van der Waals surface area contributed by atoms with E-state index >= 15 is 0 Å². The zero-order chi connectivity index (χ0) is 9.56. The fourth-order valence-electron chi connectivity index (χ4n) is 0.893. The van der Waals surface area contributed by atoms with Gasteiger partial charge in [-0.15, -0.1) is 0 Å². The molecule has 5 nitrogen and oxygen atoms in total. The van der Waals surface area contributed by atoms with Crippen molar-refractivity contribution in [1.82, 2.24) is 5.48 Å². The van der Waals surface area contributed by atoms with Crippen molar-refractivity contribution in [3.63, 3.8) is 0 Å². The zero-order valence-corrected chi connectivity index (χ0v) is 7.54. The Morgan fingerprint density at radius 3 is 2.58 bits per heavy atom. The maximum absolute atomic E-state index is 10.1. The van der Waals surface area contributed by atoms with Crippen molar-refractivity contribution in [3.05, 3.63) is 0 Å². The van der Waals surface area contributed by atoms with Crippen LogP contribution in [0.1, 0.15) is 20.3 Å². The summed E-state index contributed by atoms with van der Waals surface area (Å²) in [5.74, 6) is 0.525. The molecule has 0 aromatic carbocycles. The van der Waals surface area contributed by atoms with E-state index in [2.05, 4.69) is 13.8 Å². The van der Waals surface area contributed by atoms with Gasteiger partial charge in [0.25, 0.3) is 0 Å². The third-order valence-electron chi connectivity index (χ3n) is 1.24. The van der Waals surface area contributed by atoms with Crippen molar-refractivity contribution in [2.24, 2.45) is 17.4 Å². The van der Waals surface area contributed by atoms with E-state index in [1.54, 1.807) is 0 Å². The first-order chi connectivity index (χ1) is 5.52. The van der Waals surface area contributed by atoms with Gasteiger partial charge < -0.3 is 11.5 Å². The van der Waals surface area contributed by atoms with E-state index in [0.717, 1.165) is 6.42 Å². The summed E-state index contributed by atoms with van der Waals surface area (Å²) in [7, 11) is 0. The Morgan fingerprint density at radius 1 is 1.58 bits per heavy atom. The van der Waals surface area contributed by atoms with E-state index in [-0.39, 0.29) is 6.04 Å². The molecule has 0 spiro atoms. The van der Waals surface area contributed by atoms with Gasteiger partial charge in [0.2, 0.25) is 0 Å². The molecule has 5 N–H and O–H groups in total. The molecule has 1 atom stereocenters. The molecule has 72 valence electrons. The van der Waals surface area contributed by atoms with Crippen LogP contribution in [0.2, 0.25) is 0 Å². The highest BCUT2D eigenvalue weighted by Gasteiger charge is 2.05. The summed E-state index contributed by atoms with van der Waals surface area (Å²) >= 11 is 0. The smallest absolute Gasteiger partial charge is 0.336 e. The quantitative estimate of drug-likeness (QED) is 0.512. The van der Waals surface area contributed by atoms with Crippen molar-refractivity contribution in [2.75, 3.05) is 6.61 Å². The normalized spacial score (nSPS) is 13.0. The molecule has 0 radical (unpaired) electrons. The lowest BCUT2D eigenvalue weighted by Gasteiger charge is -2.13. The molecule has 2 amide bonds. The lowest BCUT2D eigenvalue weighted by Crippen LogP contribution is -2.35.